The van der Waals surface area contributed by atoms with Crippen molar-refractivity contribution in [2.45, 2.75) is 25.9 Å². The lowest BCUT2D eigenvalue weighted by Crippen LogP contribution is -2.28. The average Bonchev–Trinajstić information content (AvgIpc) is 2.96. The van der Waals surface area contributed by atoms with Crippen molar-refractivity contribution < 1.29 is 4.79 Å². The van der Waals surface area contributed by atoms with Gasteiger partial charge in [-0.2, -0.15) is 0 Å². The zero-order chi connectivity index (χ0) is 14.0. The number of nitrogens with one attached hydrogen (secondary N) is 1. The van der Waals surface area contributed by atoms with Crippen molar-refractivity contribution in [3.63, 3.8) is 0 Å². The zero-order valence-corrected chi connectivity index (χ0v) is 11.8. The lowest BCUT2D eigenvalue weighted by molar-refractivity contribution is 0.0933. The lowest BCUT2D eigenvalue weighted by atomic mass is 10.3. The average molecular weight is 280 g/mol. The van der Waals surface area contributed by atoms with Crippen LogP contribution in [0.4, 0.5) is 0 Å². The Kier molecular flexibility index (Phi) is 3.91. The quantitative estimate of drug-likeness (QED) is 0.862. The van der Waals surface area contributed by atoms with E-state index in [1.807, 2.05) is 20.9 Å². The first-order valence-corrected chi connectivity index (χ1v) is 6.72. The van der Waals surface area contributed by atoms with Gasteiger partial charge < -0.3 is 15.6 Å². The second-order valence-corrected chi connectivity index (χ2v) is 5.24. The Morgan fingerprint density at radius 1 is 1.53 bits per heavy atom. The molecular weight excluding hydrogens is 264 g/mol. The second-order valence-electron chi connectivity index (χ2n) is 4.35. The van der Waals surface area contributed by atoms with E-state index in [0.29, 0.717) is 11.5 Å². The third-order valence-corrected chi connectivity index (χ3v) is 3.67. The third-order valence-electron chi connectivity index (χ3n) is 2.63. The molecular formula is C11H16N6OS. The van der Waals surface area contributed by atoms with Gasteiger partial charge in [-0.25, -0.2) is 4.98 Å². The van der Waals surface area contributed by atoms with Crippen molar-refractivity contribution in [1.82, 2.24) is 25.1 Å². The van der Waals surface area contributed by atoms with Crippen LogP contribution in [0, 0.1) is 0 Å². The van der Waals surface area contributed by atoms with Crippen LogP contribution in [0.25, 0.3) is 0 Å². The van der Waals surface area contributed by atoms with Crippen LogP contribution in [0.3, 0.4) is 0 Å². The molecule has 1 amide bonds. The van der Waals surface area contributed by atoms with E-state index in [-0.39, 0.29) is 18.0 Å². The molecule has 0 aromatic carbocycles. The molecule has 0 aliphatic heterocycles. The minimum absolute atomic E-state index is 0.164. The molecule has 2 unspecified atom stereocenters. The van der Waals surface area contributed by atoms with Crippen LogP contribution < -0.4 is 11.1 Å². The Morgan fingerprint density at radius 2 is 2.26 bits per heavy atom. The summed E-state index contributed by atoms with van der Waals surface area (Å²) in [5, 5.41) is 13.0. The van der Waals surface area contributed by atoms with Crippen molar-refractivity contribution >= 4 is 17.2 Å². The van der Waals surface area contributed by atoms with Crippen LogP contribution in [0.1, 0.15) is 47.3 Å². The van der Waals surface area contributed by atoms with E-state index >= 15 is 0 Å². The van der Waals surface area contributed by atoms with Crippen molar-refractivity contribution in [1.29, 1.82) is 0 Å². The molecule has 2 aromatic heterocycles. The van der Waals surface area contributed by atoms with E-state index in [0.717, 1.165) is 5.01 Å². The van der Waals surface area contributed by atoms with E-state index in [1.54, 1.807) is 16.3 Å². The summed E-state index contributed by atoms with van der Waals surface area (Å²) < 4.78 is 1.76. The number of hydrogen-bond donors (Lipinski definition) is 2. The predicted octanol–water partition coefficient (Wildman–Crippen LogP) is 0.782. The molecule has 8 heteroatoms. The summed E-state index contributed by atoms with van der Waals surface area (Å²) in [5.41, 5.74) is 6.10. The van der Waals surface area contributed by atoms with Crippen LogP contribution in [-0.4, -0.2) is 25.7 Å². The lowest BCUT2D eigenvalue weighted by Gasteiger charge is -2.11. The molecule has 0 bridgehead atoms. The highest BCUT2D eigenvalue weighted by atomic mass is 32.1. The van der Waals surface area contributed by atoms with Gasteiger partial charge in [0.05, 0.1) is 12.1 Å². The largest absolute Gasteiger partial charge is 0.341 e. The van der Waals surface area contributed by atoms with Gasteiger partial charge in [0.25, 0.3) is 5.91 Å². The van der Waals surface area contributed by atoms with Gasteiger partial charge in [0.2, 0.25) is 0 Å². The van der Waals surface area contributed by atoms with Gasteiger partial charge in [0, 0.05) is 12.4 Å². The number of amides is 1. The summed E-state index contributed by atoms with van der Waals surface area (Å²) in [6, 6.07) is -0.400. The highest BCUT2D eigenvalue weighted by molar-refractivity contribution is 7.09. The standard InChI is InChI=1S/C11H16N6OS/c1-6(12)11-15-8(4-19-11)10(18)14-7(2)9-16-13-5-17(9)3/h4-7H,12H2,1-3H3,(H,14,18). The Bertz CT molecular complexity index is 575. The number of carbonyl (C=O) groups excluding carboxylic acids is 1. The van der Waals surface area contributed by atoms with E-state index in [1.165, 1.54) is 11.3 Å². The number of carbonyl (C=O) groups is 1. The SMILES string of the molecule is CC(N)c1nc(C(=O)NC(C)c2nncn2C)cs1. The molecule has 2 heterocycles. The van der Waals surface area contributed by atoms with Gasteiger partial charge in [0.15, 0.2) is 5.82 Å². The number of aryl methyl sites for hydroxylation is 1. The molecule has 0 saturated heterocycles. The number of rotatable bonds is 4. The highest BCUT2D eigenvalue weighted by Crippen LogP contribution is 2.16. The minimum atomic E-state index is -0.237. The zero-order valence-electron chi connectivity index (χ0n) is 11.0. The van der Waals surface area contributed by atoms with Gasteiger partial charge in [0.1, 0.15) is 17.0 Å². The summed E-state index contributed by atoms with van der Waals surface area (Å²) in [6.45, 7) is 3.68. The molecule has 0 aliphatic rings. The van der Waals surface area contributed by atoms with Crippen molar-refractivity contribution in [2.24, 2.45) is 12.8 Å². The molecule has 0 spiro atoms. The first-order chi connectivity index (χ1) is 8.99. The summed E-state index contributed by atoms with van der Waals surface area (Å²) in [7, 11) is 1.83. The first kappa shape index (κ1) is 13.6. The normalized spacial score (nSPS) is 14.1. The number of nitrogens with two attached hydrogens (primary N) is 1. The van der Waals surface area contributed by atoms with Gasteiger partial charge in [-0.05, 0) is 13.8 Å². The molecule has 19 heavy (non-hydrogen) atoms. The van der Waals surface area contributed by atoms with Crippen molar-refractivity contribution in [3.8, 4) is 0 Å². The van der Waals surface area contributed by atoms with Gasteiger partial charge in [-0.1, -0.05) is 0 Å². The van der Waals surface area contributed by atoms with E-state index in [4.69, 9.17) is 5.73 Å². The second kappa shape index (κ2) is 5.45. The van der Waals surface area contributed by atoms with Crippen molar-refractivity contribution in [3.05, 3.63) is 28.2 Å². The van der Waals surface area contributed by atoms with Gasteiger partial charge >= 0.3 is 0 Å². The van der Waals surface area contributed by atoms with Crippen LogP contribution in [-0.2, 0) is 7.05 Å². The fourth-order valence-corrected chi connectivity index (χ4v) is 2.38. The molecule has 7 nitrogen and oxygen atoms in total. The third kappa shape index (κ3) is 2.96. The molecule has 0 saturated carbocycles. The summed E-state index contributed by atoms with van der Waals surface area (Å²) in [6.07, 6.45) is 1.59. The topological polar surface area (TPSA) is 98.7 Å². The van der Waals surface area contributed by atoms with E-state index in [9.17, 15) is 4.79 Å². The Morgan fingerprint density at radius 3 is 2.79 bits per heavy atom. The Labute approximate surface area is 114 Å². The summed E-state index contributed by atoms with van der Waals surface area (Å²) in [4.78, 5) is 16.2. The van der Waals surface area contributed by atoms with E-state index in [2.05, 4.69) is 20.5 Å². The maximum absolute atomic E-state index is 12.0. The van der Waals surface area contributed by atoms with Crippen LogP contribution in [0.2, 0.25) is 0 Å². The molecule has 2 rings (SSSR count). The predicted molar refractivity (Wildman–Crippen MR) is 71.6 cm³/mol. The minimum Gasteiger partial charge on any atom is -0.341 e. The van der Waals surface area contributed by atoms with Crippen LogP contribution >= 0.6 is 11.3 Å². The summed E-state index contributed by atoms with van der Waals surface area (Å²) in [5.74, 6) is 0.453. The number of nitrogens with zero attached hydrogens (tertiary/aromatic N) is 4. The Hall–Kier alpha value is -1.80. The number of thiazole rings is 1. The number of hydrogen-bond acceptors (Lipinski definition) is 6. The highest BCUT2D eigenvalue weighted by Gasteiger charge is 2.18. The van der Waals surface area contributed by atoms with Gasteiger partial charge in [-0.3, -0.25) is 4.79 Å². The maximum Gasteiger partial charge on any atom is 0.271 e. The van der Waals surface area contributed by atoms with Gasteiger partial charge in [-0.15, -0.1) is 21.5 Å². The molecule has 3 N–H and O–H groups in total. The Balaban J connectivity index is 2.06. The first-order valence-electron chi connectivity index (χ1n) is 5.84. The molecule has 0 radical (unpaired) electrons. The number of aromatic nitrogens is 4. The van der Waals surface area contributed by atoms with E-state index < -0.39 is 0 Å². The molecule has 102 valence electrons. The fourth-order valence-electron chi connectivity index (χ4n) is 1.62. The summed E-state index contributed by atoms with van der Waals surface area (Å²) >= 11 is 1.38. The fraction of sp³-hybridized carbons (Fsp3) is 0.455. The molecule has 0 fully saturated rings. The van der Waals surface area contributed by atoms with Crippen LogP contribution in [0.5, 0.6) is 0 Å². The van der Waals surface area contributed by atoms with Crippen LogP contribution in [0.15, 0.2) is 11.7 Å². The van der Waals surface area contributed by atoms with Crippen molar-refractivity contribution in [2.75, 3.05) is 0 Å². The molecule has 2 aromatic rings. The smallest absolute Gasteiger partial charge is 0.271 e. The molecule has 2 atom stereocenters. The monoisotopic (exact) mass is 280 g/mol. The molecule has 0 aliphatic carbocycles. The maximum atomic E-state index is 12.0.